The van der Waals surface area contributed by atoms with Crippen LogP contribution in [0.15, 0.2) is 52.0 Å². The number of hydrogen-bond acceptors (Lipinski definition) is 5. The fourth-order valence-corrected chi connectivity index (χ4v) is 3.80. The average molecular weight is 444 g/mol. The predicted molar refractivity (Wildman–Crippen MR) is 103 cm³/mol. The molecule has 1 amide bonds. The summed E-state index contributed by atoms with van der Waals surface area (Å²) in [7, 11) is -4.28. The van der Waals surface area contributed by atoms with Crippen molar-refractivity contribution < 1.29 is 22.1 Å². The molecule has 11 heteroatoms. The summed E-state index contributed by atoms with van der Waals surface area (Å²) >= 11 is 11.7. The van der Waals surface area contributed by atoms with Crippen LogP contribution in [0, 0.1) is 12.7 Å². The molecule has 28 heavy (non-hydrogen) atoms. The molecule has 0 saturated heterocycles. The van der Waals surface area contributed by atoms with Gasteiger partial charge in [-0.1, -0.05) is 28.4 Å². The largest absolute Gasteiger partial charge is 0.361 e. The molecule has 0 aliphatic carbocycles. The van der Waals surface area contributed by atoms with Gasteiger partial charge >= 0.3 is 0 Å². The highest BCUT2D eigenvalue weighted by molar-refractivity contribution is 7.92. The first-order chi connectivity index (χ1) is 13.2. The summed E-state index contributed by atoms with van der Waals surface area (Å²) in [5.74, 6) is -1.19. The molecule has 0 spiro atoms. The Morgan fingerprint density at radius 3 is 2.57 bits per heavy atom. The quantitative estimate of drug-likeness (QED) is 0.604. The Bertz CT molecular complexity index is 1160. The van der Waals surface area contributed by atoms with Crippen LogP contribution in [0.4, 0.5) is 15.8 Å². The number of rotatable bonds is 5. The Labute approximate surface area is 169 Å². The number of nitrogens with zero attached hydrogens (tertiary/aromatic N) is 1. The van der Waals surface area contributed by atoms with E-state index in [-0.39, 0.29) is 27.0 Å². The number of anilines is 2. The lowest BCUT2D eigenvalue weighted by atomic mass is 10.2. The molecule has 0 saturated carbocycles. The zero-order valence-electron chi connectivity index (χ0n) is 14.2. The Morgan fingerprint density at radius 2 is 1.93 bits per heavy atom. The van der Waals surface area contributed by atoms with E-state index in [9.17, 15) is 17.6 Å². The summed E-state index contributed by atoms with van der Waals surface area (Å²) in [5, 5.41) is 6.20. The summed E-state index contributed by atoms with van der Waals surface area (Å²) in [6, 6.07) is 7.33. The standard InChI is InChI=1S/C17H12Cl2FN3O4S/c1-9-12(8-21-27-9)17(24)22-11-3-4-13(19)15(7-11)23-28(25,26)16-5-2-10(18)6-14(16)20/h2-8,23H,1H3,(H,22,24). The molecule has 2 aromatic carbocycles. The fraction of sp³-hybridized carbons (Fsp3) is 0.0588. The highest BCUT2D eigenvalue weighted by atomic mass is 35.5. The SMILES string of the molecule is Cc1oncc1C(=O)Nc1ccc(Cl)c(NS(=O)(=O)c2ccc(Cl)cc2F)c1. The minimum Gasteiger partial charge on any atom is -0.361 e. The van der Waals surface area contributed by atoms with Crippen LogP contribution >= 0.6 is 23.2 Å². The molecule has 0 unspecified atom stereocenters. The molecule has 1 aromatic heterocycles. The maximum Gasteiger partial charge on any atom is 0.264 e. The molecule has 1 heterocycles. The second-order valence-electron chi connectivity index (χ2n) is 5.62. The predicted octanol–water partition coefficient (Wildman–Crippen LogP) is 4.48. The van der Waals surface area contributed by atoms with Gasteiger partial charge in [-0.3, -0.25) is 9.52 Å². The number of aromatic nitrogens is 1. The van der Waals surface area contributed by atoms with E-state index in [1.54, 1.807) is 6.92 Å². The molecule has 0 bridgehead atoms. The first-order valence-electron chi connectivity index (χ1n) is 7.67. The van der Waals surface area contributed by atoms with Gasteiger partial charge in [0.25, 0.3) is 15.9 Å². The molecular formula is C17H12Cl2FN3O4S. The smallest absolute Gasteiger partial charge is 0.264 e. The van der Waals surface area contributed by atoms with E-state index >= 15 is 0 Å². The van der Waals surface area contributed by atoms with Crippen LogP contribution < -0.4 is 10.0 Å². The highest BCUT2D eigenvalue weighted by Gasteiger charge is 2.21. The van der Waals surface area contributed by atoms with Crippen LogP contribution in [0.1, 0.15) is 16.1 Å². The van der Waals surface area contributed by atoms with Gasteiger partial charge in [-0.15, -0.1) is 0 Å². The van der Waals surface area contributed by atoms with Gasteiger partial charge in [0, 0.05) is 10.7 Å². The molecule has 146 valence electrons. The summed E-state index contributed by atoms with van der Waals surface area (Å²) < 4.78 is 46.0. The first kappa shape index (κ1) is 20.1. The van der Waals surface area contributed by atoms with Gasteiger partial charge in [-0.05, 0) is 43.3 Å². The molecule has 0 radical (unpaired) electrons. The number of aryl methyl sites for hydroxylation is 1. The van der Waals surface area contributed by atoms with Crippen LogP contribution in [-0.4, -0.2) is 19.5 Å². The van der Waals surface area contributed by atoms with Gasteiger partial charge in [0.05, 0.1) is 16.9 Å². The fourth-order valence-electron chi connectivity index (χ4n) is 2.29. The van der Waals surface area contributed by atoms with Crippen LogP contribution in [-0.2, 0) is 10.0 Å². The molecule has 3 rings (SSSR count). The van der Waals surface area contributed by atoms with Crippen molar-refractivity contribution in [2.75, 3.05) is 10.0 Å². The van der Waals surface area contributed by atoms with Crippen molar-refractivity contribution in [2.24, 2.45) is 0 Å². The van der Waals surface area contributed by atoms with E-state index in [2.05, 4.69) is 15.2 Å². The molecule has 7 nitrogen and oxygen atoms in total. The van der Waals surface area contributed by atoms with Crippen molar-refractivity contribution in [3.63, 3.8) is 0 Å². The van der Waals surface area contributed by atoms with Crippen molar-refractivity contribution in [1.29, 1.82) is 0 Å². The second-order valence-corrected chi connectivity index (χ2v) is 8.12. The number of halogens is 3. The van der Waals surface area contributed by atoms with E-state index in [1.807, 2.05) is 0 Å². The highest BCUT2D eigenvalue weighted by Crippen LogP contribution is 2.29. The number of nitrogens with one attached hydrogen (secondary N) is 2. The van der Waals surface area contributed by atoms with E-state index in [1.165, 1.54) is 30.5 Å². The number of amides is 1. The molecule has 0 atom stereocenters. The topological polar surface area (TPSA) is 101 Å². The number of hydrogen-bond donors (Lipinski definition) is 2. The minimum atomic E-state index is -4.28. The van der Waals surface area contributed by atoms with Crippen molar-refractivity contribution in [3.05, 3.63) is 69.8 Å². The van der Waals surface area contributed by atoms with Gasteiger partial charge < -0.3 is 9.84 Å². The Morgan fingerprint density at radius 1 is 1.18 bits per heavy atom. The molecule has 2 N–H and O–H groups in total. The van der Waals surface area contributed by atoms with Gasteiger partial charge in [0.1, 0.15) is 22.0 Å². The van der Waals surface area contributed by atoms with Crippen LogP contribution in [0.2, 0.25) is 10.0 Å². The third-order valence-electron chi connectivity index (χ3n) is 3.65. The third-order valence-corrected chi connectivity index (χ3v) is 5.61. The zero-order valence-corrected chi connectivity index (χ0v) is 16.5. The number of carbonyl (C=O) groups is 1. The Hall–Kier alpha value is -2.62. The average Bonchev–Trinajstić information content (AvgIpc) is 3.03. The van der Waals surface area contributed by atoms with Gasteiger partial charge in [-0.2, -0.15) is 0 Å². The summed E-state index contributed by atoms with van der Waals surface area (Å²) in [4.78, 5) is 11.6. The molecule has 0 aliphatic heterocycles. The molecule has 3 aromatic rings. The van der Waals surface area contributed by atoms with E-state index in [0.29, 0.717) is 5.76 Å². The number of carbonyl (C=O) groups excluding carboxylic acids is 1. The second kappa shape index (κ2) is 7.78. The Kier molecular flexibility index (Phi) is 5.59. The van der Waals surface area contributed by atoms with Crippen molar-refractivity contribution >= 4 is 50.5 Å². The number of sulfonamides is 1. The monoisotopic (exact) mass is 443 g/mol. The van der Waals surface area contributed by atoms with Crippen LogP contribution in [0.3, 0.4) is 0 Å². The van der Waals surface area contributed by atoms with Gasteiger partial charge in [0.2, 0.25) is 0 Å². The zero-order chi connectivity index (χ0) is 20.5. The van der Waals surface area contributed by atoms with E-state index in [0.717, 1.165) is 12.1 Å². The van der Waals surface area contributed by atoms with Crippen LogP contribution in [0.5, 0.6) is 0 Å². The van der Waals surface area contributed by atoms with Crippen molar-refractivity contribution in [3.8, 4) is 0 Å². The van der Waals surface area contributed by atoms with Gasteiger partial charge in [-0.25, -0.2) is 12.8 Å². The van der Waals surface area contributed by atoms with Crippen LogP contribution in [0.25, 0.3) is 0 Å². The first-order valence-corrected chi connectivity index (χ1v) is 9.91. The van der Waals surface area contributed by atoms with Gasteiger partial charge in [0.15, 0.2) is 0 Å². The molecule has 0 fully saturated rings. The van der Waals surface area contributed by atoms with E-state index in [4.69, 9.17) is 27.7 Å². The summed E-state index contributed by atoms with van der Waals surface area (Å²) in [6.45, 7) is 1.57. The van der Waals surface area contributed by atoms with E-state index < -0.39 is 26.6 Å². The summed E-state index contributed by atoms with van der Waals surface area (Å²) in [5.41, 5.74) is 0.431. The lowest BCUT2D eigenvalue weighted by Crippen LogP contribution is -2.16. The number of benzene rings is 2. The molecular weight excluding hydrogens is 432 g/mol. The maximum atomic E-state index is 14.0. The summed E-state index contributed by atoms with van der Waals surface area (Å²) in [6.07, 6.45) is 1.26. The normalized spacial score (nSPS) is 11.3. The minimum absolute atomic E-state index is 0.0455. The molecule has 0 aliphatic rings. The lowest BCUT2D eigenvalue weighted by Gasteiger charge is -2.12. The Balaban J connectivity index is 1.87. The maximum absolute atomic E-state index is 14.0. The third kappa shape index (κ3) is 4.27. The lowest BCUT2D eigenvalue weighted by molar-refractivity contribution is 0.102. The van der Waals surface area contributed by atoms with Crippen molar-refractivity contribution in [1.82, 2.24) is 5.16 Å². The van der Waals surface area contributed by atoms with Crippen molar-refractivity contribution in [2.45, 2.75) is 11.8 Å².